The Balaban J connectivity index is 3.89. The average Bonchev–Trinajstić information content (AvgIpc) is 2.12. The molecule has 3 N–H and O–H groups in total. The molecule has 0 aromatic carbocycles. The van der Waals surface area contributed by atoms with Crippen LogP contribution in [-0.2, 0) is 9.59 Å². The van der Waals surface area contributed by atoms with Gasteiger partial charge in [0.2, 0.25) is 5.91 Å². The van der Waals surface area contributed by atoms with Gasteiger partial charge in [0.15, 0.2) is 0 Å². The van der Waals surface area contributed by atoms with Crippen molar-refractivity contribution in [2.75, 3.05) is 6.54 Å². The number of urea groups is 1. The van der Waals surface area contributed by atoms with Crippen molar-refractivity contribution in [2.24, 2.45) is 5.92 Å². The summed E-state index contributed by atoms with van der Waals surface area (Å²) in [7, 11) is 0. The molecule has 0 aliphatic rings. The highest BCUT2D eigenvalue weighted by Crippen LogP contribution is 2.06. The lowest BCUT2D eigenvalue weighted by Crippen LogP contribution is -2.40. The van der Waals surface area contributed by atoms with Gasteiger partial charge in [-0.25, -0.2) is 4.79 Å². The molecule has 0 bridgehead atoms. The Morgan fingerprint density at radius 2 is 1.94 bits per heavy atom. The SMILES string of the molecule is C=C(Cl)CNC(=O)NC(=O)CC(C)CC(=O)O. The highest BCUT2D eigenvalue weighted by atomic mass is 35.5. The third-order valence-corrected chi connectivity index (χ3v) is 1.88. The molecular weight excluding hydrogens is 248 g/mol. The van der Waals surface area contributed by atoms with Crippen LogP contribution in [0.4, 0.5) is 4.79 Å². The van der Waals surface area contributed by atoms with Crippen molar-refractivity contribution in [3.05, 3.63) is 11.6 Å². The summed E-state index contributed by atoms with van der Waals surface area (Å²) in [6, 6.07) is -0.681. The molecule has 1 atom stereocenters. The number of carbonyl (C=O) groups is 3. The number of hydrogen-bond donors (Lipinski definition) is 3. The highest BCUT2D eigenvalue weighted by molar-refractivity contribution is 6.29. The molecule has 0 spiro atoms. The van der Waals surface area contributed by atoms with Crippen LogP contribution in [0.1, 0.15) is 19.8 Å². The summed E-state index contributed by atoms with van der Waals surface area (Å²) < 4.78 is 0. The fourth-order valence-electron chi connectivity index (χ4n) is 1.08. The number of halogens is 1. The van der Waals surface area contributed by atoms with Gasteiger partial charge in [-0.15, -0.1) is 0 Å². The summed E-state index contributed by atoms with van der Waals surface area (Å²) in [4.78, 5) is 32.7. The van der Waals surface area contributed by atoms with Crippen LogP contribution in [0.15, 0.2) is 11.6 Å². The first-order chi connectivity index (χ1) is 7.81. The first kappa shape index (κ1) is 15.4. The summed E-state index contributed by atoms with van der Waals surface area (Å²) in [5.74, 6) is -1.84. The topological polar surface area (TPSA) is 95.5 Å². The number of hydrogen-bond acceptors (Lipinski definition) is 3. The third-order valence-electron chi connectivity index (χ3n) is 1.75. The smallest absolute Gasteiger partial charge is 0.321 e. The van der Waals surface area contributed by atoms with Crippen molar-refractivity contribution >= 4 is 29.5 Å². The van der Waals surface area contributed by atoms with Gasteiger partial charge in [0.1, 0.15) is 0 Å². The van der Waals surface area contributed by atoms with Gasteiger partial charge in [0.05, 0.1) is 6.54 Å². The number of carbonyl (C=O) groups excluding carboxylic acids is 2. The quantitative estimate of drug-likeness (QED) is 0.667. The monoisotopic (exact) mass is 262 g/mol. The zero-order valence-corrected chi connectivity index (χ0v) is 10.2. The number of nitrogens with one attached hydrogen (secondary N) is 2. The molecule has 0 fully saturated rings. The zero-order valence-electron chi connectivity index (χ0n) is 9.46. The van der Waals surface area contributed by atoms with Gasteiger partial charge in [-0.3, -0.25) is 14.9 Å². The van der Waals surface area contributed by atoms with Gasteiger partial charge in [-0.2, -0.15) is 0 Å². The van der Waals surface area contributed by atoms with Crippen molar-refractivity contribution in [1.82, 2.24) is 10.6 Å². The average molecular weight is 263 g/mol. The Morgan fingerprint density at radius 1 is 1.35 bits per heavy atom. The van der Waals surface area contributed by atoms with E-state index < -0.39 is 17.9 Å². The van der Waals surface area contributed by atoms with Crippen molar-refractivity contribution in [1.29, 1.82) is 0 Å². The largest absolute Gasteiger partial charge is 0.481 e. The summed E-state index contributed by atoms with van der Waals surface area (Å²) in [6.45, 7) is 5.04. The third kappa shape index (κ3) is 9.37. The van der Waals surface area contributed by atoms with E-state index >= 15 is 0 Å². The second-order valence-electron chi connectivity index (χ2n) is 3.66. The zero-order chi connectivity index (χ0) is 13.4. The summed E-state index contributed by atoms with van der Waals surface area (Å²) >= 11 is 5.41. The molecule has 0 saturated heterocycles. The molecule has 96 valence electrons. The summed E-state index contributed by atoms with van der Waals surface area (Å²) in [5, 5.41) is 13.1. The second kappa shape index (κ2) is 7.67. The predicted octanol–water partition coefficient (Wildman–Crippen LogP) is 1.07. The van der Waals surface area contributed by atoms with E-state index in [-0.39, 0.29) is 30.3 Å². The lowest BCUT2D eigenvalue weighted by atomic mass is 10.0. The Hall–Kier alpha value is -1.56. The number of carboxylic acid groups (broad SMARTS) is 1. The summed E-state index contributed by atoms with van der Waals surface area (Å²) in [6.07, 6.45) is -0.144. The van der Waals surface area contributed by atoms with E-state index in [0.29, 0.717) is 0 Å². The molecule has 0 radical (unpaired) electrons. The van der Waals surface area contributed by atoms with Gasteiger partial charge in [-0.05, 0) is 5.92 Å². The molecule has 7 heteroatoms. The molecule has 0 aliphatic carbocycles. The second-order valence-corrected chi connectivity index (χ2v) is 4.19. The highest BCUT2D eigenvalue weighted by Gasteiger charge is 2.14. The van der Waals surface area contributed by atoms with Crippen molar-refractivity contribution in [2.45, 2.75) is 19.8 Å². The molecule has 1 unspecified atom stereocenters. The van der Waals surface area contributed by atoms with Crippen LogP contribution in [0, 0.1) is 5.92 Å². The van der Waals surface area contributed by atoms with Crippen molar-refractivity contribution in [3.8, 4) is 0 Å². The molecule has 0 rings (SSSR count). The fourth-order valence-corrected chi connectivity index (χ4v) is 1.15. The van der Waals surface area contributed by atoms with E-state index in [0.717, 1.165) is 0 Å². The first-order valence-electron chi connectivity index (χ1n) is 4.94. The summed E-state index contributed by atoms with van der Waals surface area (Å²) in [5.41, 5.74) is 0. The minimum absolute atomic E-state index is 0.0262. The Labute approximate surface area is 104 Å². The van der Waals surface area contributed by atoms with E-state index in [4.69, 9.17) is 16.7 Å². The Kier molecular flexibility index (Phi) is 6.97. The van der Waals surface area contributed by atoms with E-state index in [2.05, 4.69) is 17.2 Å². The molecule has 0 heterocycles. The van der Waals surface area contributed by atoms with E-state index in [1.165, 1.54) is 0 Å². The van der Waals surface area contributed by atoms with E-state index in [1.54, 1.807) is 6.92 Å². The maximum absolute atomic E-state index is 11.3. The van der Waals surface area contributed by atoms with Crippen LogP contribution in [-0.4, -0.2) is 29.6 Å². The minimum atomic E-state index is -0.979. The molecule has 3 amide bonds. The standard InChI is InChI=1S/C10H15ClN2O4/c1-6(4-9(15)16)3-8(14)13-10(17)12-5-7(2)11/h6H,2-5H2,1H3,(H,15,16)(H2,12,13,14,17). The number of carboxylic acids is 1. The van der Waals surface area contributed by atoms with Gasteiger partial charge in [0.25, 0.3) is 0 Å². The number of rotatable bonds is 6. The van der Waals surface area contributed by atoms with Crippen LogP contribution in [0.25, 0.3) is 0 Å². The minimum Gasteiger partial charge on any atom is -0.481 e. The van der Waals surface area contributed by atoms with E-state index in [1.807, 2.05) is 0 Å². The van der Waals surface area contributed by atoms with E-state index in [9.17, 15) is 14.4 Å². The maximum atomic E-state index is 11.3. The lowest BCUT2D eigenvalue weighted by molar-refractivity contribution is -0.138. The van der Waals surface area contributed by atoms with Crippen molar-refractivity contribution in [3.63, 3.8) is 0 Å². The molecule has 0 aromatic rings. The van der Waals surface area contributed by atoms with Gasteiger partial charge < -0.3 is 10.4 Å². The van der Waals surface area contributed by atoms with Crippen LogP contribution >= 0.6 is 11.6 Å². The van der Waals surface area contributed by atoms with Crippen LogP contribution < -0.4 is 10.6 Å². The van der Waals surface area contributed by atoms with Crippen LogP contribution in [0.5, 0.6) is 0 Å². The Bertz CT molecular complexity index is 330. The predicted molar refractivity (Wildman–Crippen MR) is 62.6 cm³/mol. The fraction of sp³-hybridized carbons (Fsp3) is 0.500. The molecule has 0 aliphatic heterocycles. The molecule has 6 nitrogen and oxygen atoms in total. The Morgan fingerprint density at radius 3 is 2.41 bits per heavy atom. The number of amides is 3. The van der Waals surface area contributed by atoms with Crippen molar-refractivity contribution < 1.29 is 19.5 Å². The maximum Gasteiger partial charge on any atom is 0.321 e. The first-order valence-corrected chi connectivity index (χ1v) is 5.31. The normalized spacial score (nSPS) is 11.4. The molecular formula is C10H15ClN2O4. The van der Waals surface area contributed by atoms with Crippen LogP contribution in [0.2, 0.25) is 0 Å². The van der Waals surface area contributed by atoms with Gasteiger partial charge in [0, 0.05) is 17.9 Å². The number of imide groups is 1. The molecule has 0 aromatic heterocycles. The van der Waals surface area contributed by atoms with Gasteiger partial charge >= 0.3 is 12.0 Å². The van der Waals surface area contributed by atoms with Crippen LogP contribution in [0.3, 0.4) is 0 Å². The molecule has 17 heavy (non-hydrogen) atoms. The number of aliphatic carboxylic acids is 1. The molecule has 0 saturated carbocycles. The van der Waals surface area contributed by atoms with Gasteiger partial charge in [-0.1, -0.05) is 25.1 Å². The lowest BCUT2D eigenvalue weighted by Gasteiger charge is -2.09.